The van der Waals surface area contributed by atoms with Crippen molar-refractivity contribution in [1.82, 2.24) is 5.32 Å². The molecule has 2 N–H and O–H groups in total. The van der Waals surface area contributed by atoms with E-state index in [1.807, 2.05) is 37.3 Å². The van der Waals surface area contributed by atoms with E-state index in [9.17, 15) is 4.79 Å². The monoisotopic (exact) mass is 281 g/mol. The molecule has 2 unspecified atom stereocenters. The topological polar surface area (TPSA) is 49.3 Å². The number of rotatable bonds is 8. The first-order valence-corrected chi connectivity index (χ1v) is 7.25. The summed E-state index contributed by atoms with van der Waals surface area (Å²) in [5, 5.41) is 11.5. The van der Waals surface area contributed by atoms with Gasteiger partial charge < -0.3 is 10.4 Å². The lowest BCUT2D eigenvalue weighted by Gasteiger charge is -2.12. The van der Waals surface area contributed by atoms with Gasteiger partial charge in [-0.15, -0.1) is 0 Å². The van der Waals surface area contributed by atoms with Crippen LogP contribution < -0.4 is 5.32 Å². The predicted molar refractivity (Wildman–Crippen MR) is 81.4 cm³/mol. The van der Waals surface area contributed by atoms with Crippen LogP contribution in [0.4, 0.5) is 0 Å². The van der Waals surface area contributed by atoms with Crippen LogP contribution in [0, 0.1) is 5.92 Å². The van der Waals surface area contributed by atoms with Gasteiger partial charge in [-0.2, -0.15) is 12.6 Å². The first-order chi connectivity index (χ1) is 9.13. The Bertz CT molecular complexity index is 370. The summed E-state index contributed by atoms with van der Waals surface area (Å²) >= 11 is 4.35. The van der Waals surface area contributed by atoms with Gasteiger partial charge in [-0.3, -0.25) is 4.79 Å². The van der Waals surface area contributed by atoms with Gasteiger partial charge in [0.25, 0.3) is 0 Å². The number of carbonyl (C=O) groups excluding carboxylic acids is 1. The molecule has 0 bridgehead atoms. The molecule has 19 heavy (non-hydrogen) atoms. The second kappa shape index (κ2) is 8.99. The highest BCUT2D eigenvalue weighted by Gasteiger charge is 2.13. The van der Waals surface area contributed by atoms with Crippen molar-refractivity contribution in [3.05, 3.63) is 35.9 Å². The van der Waals surface area contributed by atoms with E-state index in [0.29, 0.717) is 18.9 Å². The first kappa shape index (κ1) is 16.1. The SMILES string of the molecule is CC(CO)CCCNC(=O)C(S)Cc1ccccc1. The number of hydrogen-bond acceptors (Lipinski definition) is 3. The van der Waals surface area contributed by atoms with Crippen LogP contribution in [0.5, 0.6) is 0 Å². The standard InChI is InChI=1S/C15H23NO2S/c1-12(11-17)6-5-9-16-15(18)14(19)10-13-7-3-2-4-8-13/h2-4,7-8,12,14,17,19H,5-6,9-11H2,1H3,(H,16,18). The molecule has 4 heteroatoms. The molecule has 0 saturated carbocycles. The fraction of sp³-hybridized carbons (Fsp3) is 0.533. The molecule has 1 amide bonds. The summed E-state index contributed by atoms with van der Waals surface area (Å²) in [6, 6.07) is 9.88. The van der Waals surface area contributed by atoms with Crippen molar-refractivity contribution in [3.8, 4) is 0 Å². The number of aliphatic hydroxyl groups excluding tert-OH is 1. The van der Waals surface area contributed by atoms with Crippen LogP contribution in [-0.2, 0) is 11.2 Å². The fourth-order valence-electron chi connectivity index (χ4n) is 1.80. The lowest BCUT2D eigenvalue weighted by atomic mass is 10.1. The van der Waals surface area contributed by atoms with E-state index < -0.39 is 0 Å². The van der Waals surface area contributed by atoms with Crippen molar-refractivity contribution in [1.29, 1.82) is 0 Å². The molecule has 0 aliphatic heterocycles. The summed E-state index contributed by atoms with van der Waals surface area (Å²) in [7, 11) is 0. The Balaban J connectivity index is 2.22. The maximum absolute atomic E-state index is 11.8. The van der Waals surface area contributed by atoms with E-state index in [1.165, 1.54) is 0 Å². The summed E-state index contributed by atoms with van der Waals surface area (Å²) in [5.41, 5.74) is 1.12. The van der Waals surface area contributed by atoms with Crippen molar-refractivity contribution in [3.63, 3.8) is 0 Å². The highest BCUT2D eigenvalue weighted by molar-refractivity contribution is 7.81. The molecular formula is C15H23NO2S. The molecule has 0 fully saturated rings. The van der Waals surface area contributed by atoms with Crippen LogP contribution in [0.25, 0.3) is 0 Å². The van der Waals surface area contributed by atoms with E-state index in [0.717, 1.165) is 18.4 Å². The van der Waals surface area contributed by atoms with Crippen molar-refractivity contribution in [2.75, 3.05) is 13.2 Å². The van der Waals surface area contributed by atoms with E-state index in [-0.39, 0.29) is 17.8 Å². The average Bonchev–Trinajstić information content (AvgIpc) is 2.44. The lowest BCUT2D eigenvalue weighted by Crippen LogP contribution is -2.33. The molecule has 0 aliphatic rings. The van der Waals surface area contributed by atoms with Gasteiger partial charge in [0.1, 0.15) is 0 Å². The van der Waals surface area contributed by atoms with E-state index in [1.54, 1.807) is 0 Å². The minimum absolute atomic E-state index is 0.0242. The Morgan fingerprint density at radius 2 is 2.05 bits per heavy atom. The second-order valence-corrected chi connectivity index (χ2v) is 5.55. The molecule has 0 aromatic heterocycles. The van der Waals surface area contributed by atoms with Crippen LogP contribution in [-0.4, -0.2) is 29.4 Å². The highest BCUT2D eigenvalue weighted by atomic mass is 32.1. The Morgan fingerprint density at radius 3 is 2.68 bits per heavy atom. The molecule has 0 saturated heterocycles. The van der Waals surface area contributed by atoms with Gasteiger partial charge in [-0.1, -0.05) is 37.3 Å². The summed E-state index contributed by atoms with van der Waals surface area (Å²) < 4.78 is 0. The molecule has 1 rings (SSSR count). The minimum atomic E-state index is -0.308. The Morgan fingerprint density at radius 1 is 1.37 bits per heavy atom. The van der Waals surface area contributed by atoms with Crippen molar-refractivity contribution in [2.24, 2.45) is 5.92 Å². The molecule has 1 aromatic carbocycles. The van der Waals surface area contributed by atoms with Crippen LogP contribution in [0.1, 0.15) is 25.3 Å². The molecule has 3 nitrogen and oxygen atoms in total. The first-order valence-electron chi connectivity index (χ1n) is 6.74. The van der Waals surface area contributed by atoms with E-state index in [2.05, 4.69) is 17.9 Å². The lowest BCUT2D eigenvalue weighted by molar-refractivity contribution is -0.120. The summed E-state index contributed by atoms with van der Waals surface area (Å²) in [5.74, 6) is 0.275. The normalized spacial score (nSPS) is 13.8. The van der Waals surface area contributed by atoms with Gasteiger partial charge in [0, 0.05) is 13.2 Å². The molecule has 0 radical (unpaired) electrons. The molecule has 1 aromatic rings. The quantitative estimate of drug-likeness (QED) is 0.504. The average molecular weight is 281 g/mol. The molecular weight excluding hydrogens is 258 g/mol. The van der Waals surface area contributed by atoms with Gasteiger partial charge in [0.15, 0.2) is 0 Å². The zero-order valence-electron chi connectivity index (χ0n) is 11.4. The Labute approximate surface area is 120 Å². The zero-order valence-corrected chi connectivity index (χ0v) is 12.3. The van der Waals surface area contributed by atoms with Gasteiger partial charge in [0.05, 0.1) is 5.25 Å². The number of aliphatic hydroxyl groups is 1. The van der Waals surface area contributed by atoms with E-state index >= 15 is 0 Å². The number of nitrogens with one attached hydrogen (secondary N) is 1. The van der Waals surface area contributed by atoms with Gasteiger partial charge in [-0.25, -0.2) is 0 Å². The van der Waals surface area contributed by atoms with Gasteiger partial charge >= 0.3 is 0 Å². The van der Waals surface area contributed by atoms with Crippen LogP contribution in [0.3, 0.4) is 0 Å². The van der Waals surface area contributed by atoms with E-state index in [4.69, 9.17) is 5.11 Å². The maximum atomic E-state index is 11.8. The fourth-order valence-corrected chi connectivity index (χ4v) is 2.10. The minimum Gasteiger partial charge on any atom is -0.396 e. The summed E-state index contributed by atoms with van der Waals surface area (Å²) in [4.78, 5) is 11.8. The van der Waals surface area contributed by atoms with Crippen molar-refractivity contribution >= 4 is 18.5 Å². The molecule has 2 atom stereocenters. The smallest absolute Gasteiger partial charge is 0.233 e. The number of carbonyl (C=O) groups is 1. The summed E-state index contributed by atoms with van der Waals surface area (Å²) in [6.45, 7) is 2.85. The molecule has 0 spiro atoms. The van der Waals surface area contributed by atoms with Crippen molar-refractivity contribution in [2.45, 2.75) is 31.4 Å². The number of hydrogen-bond donors (Lipinski definition) is 3. The third-order valence-corrected chi connectivity index (χ3v) is 3.48. The Hall–Kier alpha value is -1.00. The van der Waals surface area contributed by atoms with Crippen LogP contribution >= 0.6 is 12.6 Å². The number of thiol groups is 1. The number of benzene rings is 1. The maximum Gasteiger partial charge on any atom is 0.233 e. The Kier molecular flexibility index (Phi) is 7.60. The largest absolute Gasteiger partial charge is 0.396 e. The molecule has 0 heterocycles. The predicted octanol–water partition coefficient (Wildman–Crippen LogP) is 2.05. The number of amides is 1. The van der Waals surface area contributed by atoms with Gasteiger partial charge in [-0.05, 0) is 30.7 Å². The van der Waals surface area contributed by atoms with Crippen LogP contribution in [0.15, 0.2) is 30.3 Å². The third-order valence-electron chi connectivity index (χ3n) is 3.06. The zero-order chi connectivity index (χ0) is 14.1. The third kappa shape index (κ3) is 6.64. The summed E-state index contributed by atoms with van der Waals surface area (Å²) in [6.07, 6.45) is 2.45. The van der Waals surface area contributed by atoms with Crippen LogP contribution in [0.2, 0.25) is 0 Å². The van der Waals surface area contributed by atoms with Gasteiger partial charge in [0.2, 0.25) is 5.91 Å². The molecule has 0 aliphatic carbocycles. The van der Waals surface area contributed by atoms with Crippen molar-refractivity contribution < 1.29 is 9.90 Å². The molecule has 106 valence electrons. The highest BCUT2D eigenvalue weighted by Crippen LogP contribution is 2.08. The second-order valence-electron chi connectivity index (χ2n) is 4.93.